The molecular formula is C6H9NO2P+. The van der Waals surface area contributed by atoms with Gasteiger partial charge in [0.1, 0.15) is 0 Å². The van der Waals surface area contributed by atoms with E-state index in [9.17, 15) is 9.36 Å². The Balaban J connectivity index is 3.75. The highest BCUT2D eigenvalue weighted by molar-refractivity contribution is 7.43. The molecule has 3 nitrogen and oxygen atoms in total. The average molecular weight is 158 g/mol. The molecule has 4 heteroatoms. The van der Waals surface area contributed by atoms with Crippen molar-refractivity contribution in [2.24, 2.45) is 5.50 Å². The van der Waals surface area contributed by atoms with Gasteiger partial charge in [0.2, 0.25) is 6.16 Å². The molecule has 0 aliphatic heterocycles. The van der Waals surface area contributed by atoms with Gasteiger partial charge in [0.25, 0.3) is 5.78 Å². The lowest BCUT2D eigenvalue weighted by atomic mass is 10.4. The molecule has 0 amide bonds. The van der Waals surface area contributed by atoms with Crippen molar-refractivity contribution in [3.8, 4) is 11.8 Å². The summed E-state index contributed by atoms with van der Waals surface area (Å²) in [6.07, 6.45) is 0.509. The molecule has 0 fully saturated rings. The second kappa shape index (κ2) is 5.10. The molecule has 2 N–H and O–H groups in total. The lowest BCUT2D eigenvalue weighted by Gasteiger charge is -1.73. The largest absolute Gasteiger partial charge is 0.438 e. The minimum atomic E-state index is -1.86. The summed E-state index contributed by atoms with van der Waals surface area (Å²) in [6.45, 7) is 1.84. The highest BCUT2D eigenvalue weighted by atomic mass is 31.1. The zero-order chi connectivity index (χ0) is 7.98. The first-order valence-corrected chi connectivity index (χ1v) is 4.39. The predicted molar refractivity (Wildman–Crippen MR) is 39.7 cm³/mol. The van der Waals surface area contributed by atoms with E-state index in [4.69, 9.17) is 5.50 Å². The van der Waals surface area contributed by atoms with Crippen LogP contribution in [0.4, 0.5) is 0 Å². The molecule has 0 bridgehead atoms. The van der Waals surface area contributed by atoms with Gasteiger partial charge in [-0.05, 0) is 5.92 Å². The molecule has 0 aromatic heterocycles. The zero-order valence-electron chi connectivity index (χ0n) is 5.76. The monoisotopic (exact) mass is 158 g/mol. The predicted octanol–water partition coefficient (Wildman–Crippen LogP) is 0.670. The highest BCUT2D eigenvalue weighted by Crippen LogP contribution is 2.05. The van der Waals surface area contributed by atoms with Crippen LogP contribution >= 0.6 is 7.95 Å². The molecule has 0 aliphatic carbocycles. The van der Waals surface area contributed by atoms with Crippen LogP contribution in [0.3, 0.4) is 0 Å². The molecule has 10 heavy (non-hydrogen) atoms. The standard InChI is InChI=1S/C6H9NO2P/c1-2-3-4-6(8)5-10(7)9/h2,5H2,1H3,(H2,7,9)/q+1. The third kappa shape index (κ3) is 5.43. The van der Waals surface area contributed by atoms with Gasteiger partial charge < -0.3 is 0 Å². The summed E-state index contributed by atoms with van der Waals surface area (Å²) in [6, 6.07) is 0. The Kier molecular flexibility index (Phi) is 4.74. The van der Waals surface area contributed by atoms with E-state index in [0.29, 0.717) is 6.42 Å². The molecule has 1 atom stereocenters. The maximum Gasteiger partial charge on any atom is 0.438 e. The van der Waals surface area contributed by atoms with E-state index in [1.165, 1.54) is 0 Å². The maximum atomic E-state index is 10.6. The summed E-state index contributed by atoms with van der Waals surface area (Å²) in [5.41, 5.74) is 4.89. The van der Waals surface area contributed by atoms with E-state index in [1.54, 1.807) is 0 Å². The van der Waals surface area contributed by atoms with Crippen molar-refractivity contribution in [2.45, 2.75) is 13.3 Å². The van der Waals surface area contributed by atoms with Gasteiger partial charge in [-0.25, -0.2) is 0 Å². The quantitative estimate of drug-likeness (QED) is 0.365. The Morgan fingerprint density at radius 2 is 2.30 bits per heavy atom. The normalized spacial score (nSPS) is 9.60. The molecular weight excluding hydrogens is 149 g/mol. The summed E-state index contributed by atoms with van der Waals surface area (Å²) in [7, 11) is -1.86. The third-order valence-corrected chi connectivity index (χ3v) is 1.30. The van der Waals surface area contributed by atoms with Gasteiger partial charge in [-0.15, -0.1) is 5.50 Å². The first kappa shape index (κ1) is 9.29. The average Bonchev–Trinajstić information content (AvgIpc) is 1.82. The van der Waals surface area contributed by atoms with Gasteiger partial charge >= 0.3 is 7.95 Å². The van der Waals surface area contributed by atoms with Gasteiger partial charge in [0, 0.05) is 6.42 Å². The van der Waals surface area contributed by atoms with Crippen LogP contribution in [0.25, 0.3) is 0 Å². The van der Waals surface area contributed by atoms with Gasteiger partial charge in [0.15, 0.2) is 0 Å². The number of ketones is 1. The fourth-order valence-electron chi connectivity index (χ4n) is 0.368. The molecule has 0 radical (unpaired) electrons. The van der Waals surface area contributed by atoms with Crippen LogP contribution in [0.15, 0.2) is 0 Å². The molecule has 0 saturated heterocycles. The molecule has 0 heterocycles. The highest BCUT2D eigenvalue weighted by Gasteiger charge is 2.12. The van der Waals surface area contributed by atoms with E-state index >= 15 is 0 Å². The van der Waals surface area contributed by atoms with Gasteiger partial charge in [-0.3, -0.25) is 4.79 Å². The van der Waals surface area contributed by atoms with Crippen molar-refractivity contribution in [3.05, 3.63) is 0 Å². The number of carbonyl (C=O) groups excluding carboxylic acids is 1. The number of rotatable bonds is 2. The molecule has 0 aromatic carbocycles. The van der Waals surface area contributed by atoms with Crippen LogP contribution < -0.4 is 5.50 Å². The summed E-state index contributed by atoms with van der Waals surface area (Å²) in [5, 5.41) is 0. The lowest BCUT2D eigenvalue weighted by Crippen LogP contribution is -1.99. The fraction of sp³-hybridized carbons (Fsp3) is 0.500. The Labute approximate surface area is 60.8 Å². The van der Waals surface area contributed by atoms with E-state index in [2.05, 4.69) is 11.8 Å². The summed E-state index contributed by atoms with van der Waals surface area (Å²) in [4.78, 5) is 10.6. The second-order valence-corrected chi connectivity index (χ2v) is 2.80. The Morgan fingerprint density at radius 1 is 1.70 bits per heavy atom. The van der Waals surface area contributed by atoms with Gasteiger partial charge in [-0.2, -0.15) is 0 Å². The van der Waals surface area contributed by atoms with Gasteiger partial charge in [-0.1, -0.05) is 17.4 Å². The first-order valence-electron chi connectivity index (χ1n) is 2.88. The van der Waals surface area contributed by atoms with Crippen molar-refractivity contribution in [3.63, 3.8) is 0 Å². The Hall–Kier alpha value is -0.710. The van der Waals surface area contributed by atoms with E-state index < -0.39 is 7.95 Å². The van der Waals surface area contributed by atoms with Crippen LogP contribution in [0, 0.1) is 11.8 Å². The summed E-state index contributed by atoms with van der Waals surface area (Å²) < 4.78 is 10.3. The van der Waals surface area contributed by atoms with Crippen molar-refractivity contribution in [2.75, 3.05) is 6.16 Å². The Bertz CT molecular complexity index is 202. The van der Waals surface area contributed by atoms with Crippen LogP contribution in [0.5, 0.6) is 0 Å². The van der Waals surface area contributed by atoms with E-state index in [0.717, 1.165) is 0 Å². The number of carbonyl (C=O) groups is 1. The van der Waals surface area contributed by atoms with Crippen LogP contribution in [-0.2, 0) is 9.36 Å². The summed E-state index contributed by atoms with van der Waals surface area (Å²) >= 11 is 0. The number of nitrogens with two attached hydrogens (primary N) is 1. The van der Waals surface area contributed by atoms with E-state index in [1.807, 2.05) is 6.92 Å². The SMILES string of the molecule is CCC#CC(=O)C[P+](N)=O. The van der Waals surface area contributed by atoms with Crippen molar-refractivity contribution in [1.29, 1.82) is 0 Å². The smallest absolute Gasteiger partial charge is 0.280 e. The topological polar surface area (TPSA) is 60.2 Å². The van der Waals surface area contributed by atoms with Crippen molar-refractivity contribution >= 4 is 13.7 Å². The maximum absolute atomic E-state index is 10.6. The minimum Gasteiger partial charge on any atom is -0.280 e. The molecule has 0 spiro atoms. The molecule has 1 unspecified atom stereocenters. The second-order valence-electron chi connectivity index (χ2n) is 1.65. The van der Waals surface area contributed by atoms with Crippen LogP contribution in [-0.4, -0.2) is 11.9 Å². The van der Waals surface area contributed by atoms with E-state index in [-0.39, 0.29) is 11.9 Å². The van der Waals surface area contributed by atoms with Crippen LogP contribution in [0.1, 0.15) is 13.3 Å². The fourth-order valence-corrected chi connectivity index (χ4v) is 0.730. The number of Topliss-reactive ketones (excluding diaryl/α,β-unsaturated/α-hetero) is 1. The summed E-state index contributed by atoms with van der Waals surface area (Å²) in [5.74, 6) is 4.54. The first-order chi connectivity index (χ1) is 4.66. The van der Waals surface area contributed by atoms with Crippen LogP contribution in [0.2, 0.25) is 0 Å². The molecule has 0 rings (SSSR count). The van der Waals surface area contributed by atoms with Gasteiger partial charge in [0.05, 0.1) is 0 Å². The molecule has 0 saturated carbocycles. The van der Waals surface area contributed by atoms with Crippen molar-refractivity contribution < 1.29 is 9.36 Å². The number of hydrogen-bond acceptors (Lipinski definition) is 2. The van der Waals surface area contributed by atoms with Crippen molar-refractivity contribution in [1.82, 2.24) is 0 Å². The molecule has 0 aliphatic rings. The molecule has 0 aromatic rings. The zero-order valence-corrected chi connectivity index (χ0v) is 6.65. The third-order valence-electron chi connectivity index (χ3n) is 0.704. The number of hydrogen-bond donors (Lipinski definition) is 1. The Morgan fingerprint density at radius 3 is 2.70 bits per heavy atom. The minimum absolute atomic E-state index is 0.123. The lowest BCUT2D eigenvalue weighted by molar-refractivity contribution is -0.111. The molecule has 54 valence electrons.